The van der Waals surface area contributed by atoms with E-state index < -0.39 is 4.92 Å². The van der Waals surface area contributed by atoms with Gasteiger partial charge in [0.1, 0.15) is 0 Å². The second kappa shape index (κ2) is 9.47. The molecule has 2 fully saturated rings. The van der Waals surface area contributed by atoms with E-state index in [9.17, 15) is 14.9 Å². The molecule has 1 aliphatic heterocycles. The summed E-state index contributed by atoms with van der Waals surface area (Å²) >= 11 is 1.36. The molecule has 2 aliphatic rings. The van der Waals surface area contributed by atoms with Gasteiger partial charge in [-0.15, -0.1) is 0 Å². The van der Waals surface area contributed by atoms with Gasteiger partial charge in [-0.3, -0.25) is 19.8 Å². The summed E-state index contributed by atoms with van der Waals surface area (Å²) in [6, 6.07) is 14.5. The number of nitrogens with zero attached hydrogens (tertiary/aromatic N) is 3. The molecule has 2 aromatic rings. The van der Waals surface area contributed by atoms with Crippen LogP contribution in [0.2, 0.25) is 0 Å². The molecule has 0 spiro atoms. The number of rotatable bonds is 5. The van der Waals surface area contributed by atoms with Gasteiger partial charge in [-0.2, -0.15) is 0 Å². The van der Waals surface area contributed by atoms with Crippen molar-refractivity contribution in [2.75, 3.05) is 0 Å². The Bertz CT molecular complexity index is 1060. The molecule has 1 saturated carbocycles. The van der Waals surface area contributed by atoms with Gasteiger partial charge in [-0.1, -0.05) is 56.5 Å². The molecule has 0 atom stereocenters. The first-order valence-electron chi connectivity index (χ1n) is 10.7. The molecule has 1 saturated heterocycles. The minimum Gasteiger partial charge on any atom is -0.283 e. The Kier molecular flexibility index (Phi) is 6.51. The van der Waals surface area contributed by atoms with E-state index in [4.69, 9.17) is 4.99 Å². The van der Waals surface area contributed by atoms with E-state index >= 15 is 0 Å². The number of carbonyl (C=O) groups is 1. The quantitative estimate of drug-likeness (QED) is 0.323. The van der Waals surface area contributed by atoms with Crippen molar-refractivity contribution >= 4 is 40.3 Å². The van der Waals surface area contributed by atoms with Gasteiger partial charge in [-0.25, -0.2) is 4.99 Å². The number of non-ortho nitro benzene ring substituents is 1. The first-order chi connectivity index (χ1) is 15.1. The van der Waals surface area contributed by atoms with Crippen molar-refractivity contribution in [3.05, 3.63) is 74.7 Å². The summed E-state index contributed by atoms with van der Waals surface area (Å²) in [6.45, 7) is 2.10. The lowest BCUT2D eigenvalue weighted by molar-refractivity contribution is -0.384. The van der Waals surface area contributed by atoms with Crippen LogP contribution in [0, 0.1) is 10.1 Å². The second-order valence-electron chi connectivity index (χ2n) is 7.81. The zero-order chi connectivity index (χ0) is 21.8. The number of amides is 1. The van der Waals surface area contributed by atoms with Gasteiger partial charge in [0.25, 0.3) is 11.6 Å². The van der Waals surface area contributed by atoms with Crippen LogP contribution in [0.5, 0.6) is 0 Å². The van der Waals surface area contributed by atoms with Crippen molar-refractivity contribution in [3.63, 3.8) is 0 Å². The first kappa shape index (κ1) is 21.3. The van der Waals surface area contributed by atoms with Gasteiger partial charge in [0.2, 0.25) is 0 Å². The van der Waals surface area contributed by atoms with Crippen LogP contribution in [0.1, 0.15) is 50.2 Å². The van der Waals surface area contributed by atoms with Gasteiger partial charge < -0.3 is 0 Å². The summed E-state index contributed by atoms with van der Waals surface area (Å²) in [7, 11) is 0. The Morgan fingerprint density at radius 2 is 1.94 bits per heavy atom. The molecular weight excluding hydrogens is 410 g/mol. The predicted octanol–water partition coefficient (Wildman–Crippen LogP) is 6.09. The lowest BCUT2D eigenvalue weighted by Gasteiger charge is -2.30. The van der Waals surface area contributed by atoms with Gasteiger partial charge >= 0.3 is 0 Å². The third kappa shape index (κ3) is 4.71. The van der Waals surface area contributed by atoms with E-state index in [0.29, 0.717) is 15.6 Å². The maximum Gasteiger partial charge on any atom is 0.270 e. The second-order valence-corrected chi connectivity index (χ2v) is 8.82. The van der Waals surface area contributed by atoms with Crippen LogP contribution >= 0.6 is 11.8 Å². The third-order valence-corrected chi connectivity index (χ3v) is 6.73. The standard InChI is InChI=1S/C24H25N3O3S/c1-2-18-10-6-7-14-21(18)25-24-26(19-11-4-3-5-12-19)23(28)22(31-24)16-17-9-8-13-20(15-17)27(29)30/h6-10,13-16,19H,2-5,11-12H2,1H3/b22-16+,25-24?. The van der Waals surface area contributed by atoms with Crippen molar-refractivity contribution in [1.82, 2.24) is 4.90 Å². The zero-order valence-electron chi connectivity index (χ0n) is 17.5. The van der Waals surface area contributed by atoms with Gasteiger partial charge in [0.15, 0.2) is 5.17 Å². The van der Waals surface area contributed by atoms with E-state index in [2.05, 4.69) is 13.0 Å². The lowest BCUT2D eigenvalue weighted by atomic mass is 9.94. The molecule has 0 aromatic heterocycles. The average molecular weight is 436 g/mol. The van der Waals surface area contributed by atoms with Crippen LogP contribution in [0.3, 0.4) is 0 Å². The lowest BCUT2D eigenvalue weighted by Crippen LogP contribution is -2.40. The number of nitro benzene ring substituents is 1. The Morgan fingerprint density at radius 1 is 1.16 bits per heavy atom. The molecule has 7 heteroatoms. The van der Waals surface area contributed by atoms with Crippen molar-refractivity contribution in [3.8, 4) is 0 Å². The van der Waals surface area contributed by atoms with E-state index in [1.54, 1.807) is 18.2 Å². The van der Waals surface area contributed by atoms with Crippen LogP contribution in [0.25, 0.3) is 6.08 Å². The fourth-order valence-electron chi connectivity index (χ4n) is 4.13. The first-order valence-corrected chi connectivity index (χ1v) is 11.5. The summed E-state index contributed by atoms with van der Waals surface area (Å²) in [4.78, 5) is 31.4. The van der Waals surface area contributed by atoms with E-state index in [-0.39, 0.29) is 17.6 Å². The molecule has 0 unspecified atom stereocenters. The fourth-order valence-corrected chi connectivity index (χ4v) is 5.18. The molecule has 0 radical (unpaired) electrons. The highest BCUT2D eigenvalue weighted by Crippen LogP contribution is 2.39. The molecule has 1 amide bonds. The van der Waals surface area contributed by atoms with Crippen LogP contribution in [0.4, 0.5) is 11.4 Å². The Morgan fingerprint density at radius 3 is 2.68 bits per heavy atom. The van der Waals surface area contributed by atoms with Gasteiger partial charge in [0.05, 0.1) is 15.5 Å². The third-order valence-electron chi connectivity index (χ3n) is 5.74. The Hall–Kier alpha value is -2.93. The zero-order valence-corrected chi connectivity index (χ0v) is 18.3. The number of amidine groups is 1. The number of para-hydroxylation sites is 1. The number of aryl methyl sites for hydroxylation is 1. The van der Waals surface area contributed by atoms with E-state index in [1.165, 1.54) is 30.3 Å². The molecule has 0 N–H and O–H groups in total. The van der Waals surface area contributed by atoms with Crippen molar-refractivity contribution < 1.29 is 9.72 Å². The summed E-state index contributed by atoms with van der Waals surface area (Å²) < 4.78 is 0. The highest BCUT2D eigenvalue weighted by Gasteiger charge is 2.38. The smallest absolute Gasteiger partial charge is 0.270 e. The normalized spacial score (nSPS) is 20.0. The summed E-state index contributed by atoms with van der Waals surface area (Å²) in [6.07, 6.45) is 7.99. The van der Waals surface area contributed by atoms with Crippen molar-refractivity contribution in [2.24, 2.45) is 4.99 Å². The topological polar surface area (TPSA) is 75.8 Å². The average Bonchev–Trinajstić information content (AvgIpc) is 3.09. The number of nitro groups is 1. The van der Waals surface area contributed by atoms with Gasteiger partial charge in [0, 0.05) is 18.2 Å². The van der Waals surface area contributed by atoms with Crippen molar-refractivity contribution in [2.45, 2.75) is 51.5 Å². The molecule has 0 bridgehead atoms. The molecule has 4 rings (SSSR count). The van der Waals surface area contributed by atoms with Crippen molar-refractivity contribution in [1.29, 1.82) is 0 Å². The number of hydrogen-bond acceptors (Lipinski definition) is 5. The van der Waals surface area contributed by atoms with Crippen LogP contribution in [0.15, 0.2) is 58.4 Å². The monoisotopic (exact) mass is 435 g/mol. The van der Waals surface area contributed by atoms with Crippen LogP contribution in [-0.2, 0) is 11.2 Å². The number of hydrogen-bond donors (Lipinski definition) is 0. The molecule has 1 aliphatic carbocycles. The maximum atomic E-state index is 13.4. The largest absolute Gasteiger partial charge is 0.283 e. The van der Waals surface area contributed by atoms with Crippen LogP contribution in [-0.4, -0.2) is 26.9 Å². The number of thioether (sulfide) groups is 1. The number of benzene rings is 2. The summed E-state index contributed by atoms with van der Waals surface area (Å²) in [5.41, 5.74) is 2.68. The minimum absolute atomic E-state index is 0.0136. The van der Waals surface area contributed by atoms with Gasteiger partial charge in [-0.05, 0) is 54.3 Å². The predicted molar refractivity (Wildman–Crippen MR) is 125 cm³/mol. The molecule has 31 heavy (non-hydrogen) atoms. The molecule has 2 aromatic carbocycles. The SMILES string of the molecule is CCc1ccccc1N=C1S/C(=C/c2cccc([N+](=O)[O-])c2)C(=O)N1C1CCCCC1. The van der Waals surface area contributed by atoms with E-state index in [1.807, 2.05) is 23.1 Å². The summed E-state index contributed by atoms with van der Waals surface area (Å²) in [5, 5.41) is 11.8. The number of carbonyl (C=O) groups excluding carboxylic acids is 1. The van der Waals surface area contributed by atoms with Crippen LogP contribution < -0.4 is 0 Å². The minimum atomic E-state index is -0.422. The summed E-state index contributed by atoms with van der Waals surface area (Å²) in [5.74, 6) is -0.0591. The highest BCUT2D eigenvalue weighted by atomic mass is 32.2. The van der Waals surface area contributed by atoms with E-state index in [0.717, 1.165) is 43.4 Å². The molecular formula is C24H25N3O3S. The maximum absolute atomic E-state index is 13.4. The molecule has 1 heterocycles. The highest BCUT2D eigenvalue weighted by molar-refractivity contribution is 8.18. The molecule has 6 nitrogen and oxygen atoms in total. The Labute approximate surface area is 186 Å². The molecule has 160 valence electrons. The number of aliphatic imine (C=N–C) groups is 1. The Balaban J connectivity index is 1.73. The fraction of sp³-hybridized carbons (Fsp3) is 0.333.